The highest BCUT2D eigenvalue weighted by Gasteiger charge is 2.04. The smallest absolute Gasteiger partial charge is 0.315 e. The first-order valence-corrected chi connectivity index (χ1v) is 5.47. The molecule has 14 heavy (non-hydrogen) atoms. The summed E-state index contributed by atoms with van der Waals surface area (Å²) in [4.78, 5) is 21.9. The number of amides is 1. The van der Waals surface area contributed by atoms with Gasteiger partial charge in [-0.1, -0.05) is 6.08 Å². The Balaban J connectivity index is 3.39. The molecule has 0 aromatic heterocycles. The van der Waals surface area contributed by atoms with Crippen molar-refractivity contribution >= 4 is 23.6 Å². The lowest BCUT2D eigenvalue weighted by molar-refractivity contribution is -0.139. The molecule has 0 atom stereocenters. The first-order chi connectivity index (χ1) is 6.70. The van der Waals surface area contributed by atoms with Crippen LogP contribution >= 0.6 is 11.8 Å². The van der Waals surface area contributed by atoms with E-state index < -0.39 is 0 Å². The van der Waals surface area contributed by atoms with Crippen molar-refractivity contribution in [1.29, 1.82) is 0 Å². The van der Waals surface area contributed by atoms with Crippen LogP contribution in [0.1, 0.15) is 6.92 Å². The van der Waals surface area contributed by atoms with E-state index in [0.29, 0.717) is 13.2 Å². The molecule has 0 unspecified atom stereocenters. The average molecular weight is 217 g/mol. The normalized spacial score (nSPS) is 9.21. The molecule has 1 amide bonds. The molecule has 0 aromatic carbocycles. The number of ether oxygens (including phenoxy) is 1. The predicted molar refractivity (Wildman–Crippen MR) is 57.2 cm³/mol. The molecule has 80 valence electrons. The van der Waals surface area contributed by atoms with Crippen LogP contribution in [0.5, 0.6) is 0 Å². The van der Waals surface area contributed by atoms with Crippen LogP contribution in [0.3, 0.4) is 0 Å². The Morgan fingerprint density at radius 3 is 2.79 bits per heavy atom. The Bertz CT molecular complexity index is 206. The molecule has 0 aliphatic heterocycles. The van der Waals surface area contributed by atoms with Gasteiger partial charge in [0.05, 0.1) is 18.1 Å². The molecule has 0 saturated carbocycles. The van der Waals surface area contributed by atoms with E-state index in [1.165, 1.54) is 11.8 Å². The second-order valence-corrected chi connectivity index (χ2v) is 3.38. The lowest BCUT2D eigenvalue weighted by atomic mass is 10.6. The Kier molecular flexibility index (Phi) is 8.02. The molecule has 0 saturated heterocycles. The number of nitrogens with one attached hydrogen (secondary N) is 1. The van der Waals surface area contributed by atoms with Crippen LogP contribution in [0.2, 0.25) is 0 Å². The van der Waals surface area contributed by atoms with Gasteiger partial charge >= 0.3 is 5.97 Å². The summed E-state index contributed by atoms with van der Waals surface area (Å²) >= 11 is 1.24. The number of rotatable bonds is 7. The summed E-state index contributed by atoms with van der Waals surface area (Å²) in [6.07, 6.45) is 1.61. The van der Waals surface area contributed by atoms with Crippen molar-refractivity contribution in [2.24, 2.45) is 0 Å². The minimum Gasteiger partial charge on any atom is -0.465 e. The van der Waals surface area contributed by atoms with Crippen LogP contribution in [0, 0.1) is 0 Å². The van der Waals surface area contributed by atoms with Gasteiger partial charge in [-0.15, -0.1) is 18.3 Å². The molecule has 0 aliphatic carbocycles. The minimum atomic E-state index is -0.283. The van der Waals surface area contributed by atoms with Gasteiger partial charge in [-0.3, -0.25) is 9.59 Å². The number of carbonyl (C=O) groups excluding carboxylic acids is 2. The second-order valence-electron chi connectivity index (χ2n) is 2.39. The zero-order chi connectivity index (χ0) is 10.8. The van der Waals surface area contributed by atoms with Gasteiger partial charge in [-0.25, -0.2) is 0 Å². The summed E-state index contributed by atoms with van der Waals surface area (Å²) in [7, 11) is 0. The molecule has 0 spiro atoms. The first kappa shape index (κ1) is 13.0. The Hall–Kier alpha value is -0.970. The molecule has 0 aliphatic rings. The van der Waals surface area contributed by atoms with Crippen LogP contribution < -0.4 is 5.32 Å². The summed E-state index contributed by atoms with van der Waals surface area (Å²) in [6.45, 7) is 6.05. The maximum atomic E-state index is 11.0. The molecule has 0 bridgehead atoms. The van der Waals surface area contributed by atoms with E-state index in [9.17, 15) is 9.59 Å². The fraction of sp³-hybridized carbons (Fsp3) is 0.556. The molecular formula is C9H15NO3S. The van der Waals surface area contributed by atoms with Gasteiger partial charge in [0, 0.05) is 6.54 Å². The van der Waals surface area contributed by atoms with Crippen LogP contribution in [-0.4, -0.2) is 36.5 Å². The maximum absolute atomic E-state index is 11.0. The molecule has 5 heteroatoms. The van der Waals surface area contributed by atoms with E-state index >= 15 is 0 Å². The van der Waals surface area contributed by atoms with Gasteiger partial charge in [0.15, 0.2) is 0 Å². The van der Waals surface area contributed by atoms with Crippen molar-refractivity contribution < 1.29 is 14.3 Å². The molecule has 0 radical (unpaired) electrons. The van der Waals surface area contributed by atoms with E-state index in [1.807, 2.05) is 0 Å². The van der Waals surface area contributed by atoms with Gasteiger partial charge in [-0.2, -0.15) is 0 Å². The molecule has 1 N–H and O–H groups in total. The van der Waals surface area contributed by atoms with Crippen LogP contribution in [-0.2, 0) is 14.3 Å². The molecule has 0 rings (SSSR count). The SMILES string of the molecule is C=CCNC(=O)CSCC(=O)OCC. The highest BCUT2D eigenvalue weighted by atomic mass is 32.2. The van der Waals surface area contributed by atoms with Crippen molar-refractivity contribution in [2.45, 2.75) is 6.92 Å². The van der Waals surface area contributed by atoms with E-state index in [4.69, 9.17) is 4.74 Å². The Morgan fingerprint density at radius 2 is 2.21 bits per heavy atom. The molecule has 0 aromatic rings. The van der Waals surface area contributed by atoms with Crippen molar-refractivity contribution in [3.05, 3.63) is 12.7 Å². The second kappa shape index (κ2) is 8.62. The van der Waals surface area contributed by atoms with Gasteiger partial charge < -0.3 is 10.1 Å². The third-order valence-corrected chi connectivity index (χ3v) is 2.11. The lowest BCUT2D eigenvalue weighted by Gasteiger charge is -2.02. The Morgan fingerprint density at radius 1 is 1.50 bits per heavy atom. The molecule has 4 nitrogen and oxygen atoms in total. The molecule has 0 heterocycles. The summed E-state index contributed by atoms with van der Waals surface area (Å²) in [5.74, 6) is 0.107. The minimum absolute atomic E-state index is 0.0980. The van der Waals surface area contributed by atoms with Gasteiger partial charge in [0.2, 0.25) is 5.91 Å². The number of hydrogen-bond donors (Lipinski definition) is 1. The maximum Gasteiger partial charge on any atom is 0.315 e. The third kappa shape index (κ3) is 7.67. The van der Waals surface area contributed by atoms with Crippen LogP contribution in [0.4, 0.5) is 0 Å². The molecular weight excluding hydrogens is 202 g/mol. The monoisotopic (exact) mass is 217 g/mol. The standard InChI is InChI=1S/C9H15NO3S/c1-3-5-10-8(11)6-14-7-9(12)13-4-2/h3H,1,4-7H2,2H3,(H,10,11). The van der Waals surface area contributed by atoms with Gasteiger partial charge in [-0.05, 0) is 6.92 Å². The highest BCUT2D eigenvalue weighted by molar-refractivity contribution is 8.00. The van der Waals surface area contributed by atoms with E-state index in [2.05, 4.69) is 11.9 Å². The third-order valence-electron chi connectivity index (χ3n) is 1.20. The Labute approximate surface area is 88.1 Å². The van der Waals surface area contributed by atoms with Crippen molar-refractivity contribution in [3.8, 4) is 0 Å². The lowest BCUT2D eigenvalue weighted by Crippen LogP contribution is -2.25. The van der Waals surface area contributed by atoms with E-state index in [1.54, 1.807) is 13.0 Å². The summed E-state index contributed by atoms with van der Waals surface area (Å²) in [5, 5.41) is 2.61. The highest BCUT2D eigenvalue weighted by Crippen LogP contribution is 1.99. The summed E-state index contributed by atoms with van der Waals surface area (Å²) in [5.41, 5.74) is 0. The van der Waals surface area contributed by atoms with Crippen LogP contribution in [0.15, 0.2) is 12.7 Å². The predicted octanol–water partition coefficient (Wildman–Crippen LogP) is 0.585. The largest absolute Gasteiger partial charge is 0.465 e. The number of thioether (sulfide) groups is 1. The number of esters is 1. The zero-order valence-electron chi connectivity index (χ0n) is 8.25. The summed E-state index contributed by atoms with van der Waals surface area (Å²) < 4.78 is 4.70. The van der Waals surface area contributed by atoms with Crippen molar-refractivity contribution in [2.75, 3.05) is 24.7 Å². The first-order valence-electron chi connectivity index (χ1n) is 4.31. The quantitative estimate of drug-likeness (QED) is 0.501. The number of hydrogen-bond acceptors (Lipinski definition) is 4. The van der Waals surface area contributed by atoms with Crippen LogP contribution in [0.25, 0.3) is 0 Å². The summed E-state index contributed by atoms with van der Waals surface area (Å²) in [6, 6.07) is 0. The van der Waals surface area contributed by atoms with Crippen molar-refractivity contribution in [1.82, 2.24) is 5.32 Å². The van der Waals surface area contributed by atoms with Gasteiger partial charge in [0.1, 0.15) is 0 Å². The number of carbonyl (C=O) groups is 2. The molecule has 0 fully saturated rings. The van der Waals surface area contributed by atoms with E-state index in [-0.39, 0.29) is 23.4 Å². The topological polar surface area (TPSA) is 55.4 Å². The fourth-order valence-electron chi connectivity index (χ4n) is 0.667. The van der Waals surface area contributed by atoms with Gasteiger partial charge in [0.25, 0.3) is 0 Å². The van der Waals surface area contributed by atoms with E-state index in [0.717, 1.165) is 0 Å². The fourth-order valence-corrected chi connectivity index (χ4v) is 1.31. The average Bonchev–Trinajstić information content (AvgIpc) is 2.15. The zero-order valence-corrected chi connectivity index (χ0v) is 9.06. The van der Waals surface area contributed by atoms with Crippen molar-refractivity contribution in [3.63, 3.8) is 0 Å².